The summed E-state index contributed by atoms with van der Waals surface area (Å²) >= 11 is 5.02. The zero-order valence-corrected chi connectivity index (χ0v) is 9.56. The standard InChI is InChI=1S/C4H8I2Si/c1-3-7(5,6)4-2/h3H,1,4H2,2H3. The fourth-order valence-corrected chi connectivity index (χ4v) is 0.433. The number of hydrogen-bond donors (Lipinski definition) is 0. The monoisotopic (exact) mass is 338 g/mol. The molecule has 7 heavy (non-hydrogen) atoms. The molecule has 0 aromatic rings. The lowest BCUT2D eigenvalue weighted by atomic mass is 11.0. The van der Waals surface area contributed by atoms with Gasteiger partial charge >= 0.3 is 0 Å². The first kappa shape index (κ1) is 8.42. The predicted molar refractivity (Wildman–Crippen MR) is 54.5 cm³/mol. The normalized spacial score (nSPS) is 11.3. The van der Waals surface area contributed by atoms with Gasteiger partial charge in [-0.2, -0.15) is 0 Å². The Bertz CT molecular complexity index is 70.1. The Labute approximate surface area is 71.2 Å². The van der Waals surface area contributed by atoms with Crippen LogP contribution < -0.4 is 0 Å². The molecule has 42 valence electrons. The zero-order chi connectivity index (χ0) is 5.91. The molecule has 0 N–H and O–H groups in total. The Morgan fingerprint density at radius 1 is 1.71 bits per heavy atom. The Balaban J connectivity index is 3.58. The Hall–Kier alpha value is 1.42. The third-order valence-corrected chi connectivity index (χ3v) is 9.53. The van der Waals surface area contributed by atoms with E-state index in [0.717, 1.165) is 0 Å². The van der Waals surface area contributed by atoms with E-state index >= 15 is 0 Å². The summed E-state index contributed by atoms with van der Waals surface area (Å²) in [4.78, 5) is 0. The third kappa shape index (κ3) is 3.96. The fourth-order valence-electron chi connectivity index (χ4n) is 0.144. The Morgan fingerprint density at radius 3 is 2.14 bits per heavy atom. The minimum atomic E-state index is -0.947. The van der Waals surface area contributed by atoms with Crippen LogP contribution in [0.4, 0.5) is 0 Å². The van der Waals surface area contributed by atoms with Gasteiger partial charge in [-0.3, -0.25) is 0 Å². The maximum atomic E-state index is 3.75. The molecule has 0 bridgehead atoms. The lowest BCUT2D eigenvalue weighted by Gasteiger charge is -2.05. The zero-order valence-electron chi connectivity index (χ0n) is 4.25. The van der Waals surface area contributed by atoms with E-state index in [2.05, 4.69) is 62.8 Å². The molecule has 0 aliphatic carbocycles. The largest absolute Gasteiger partial charge is 0.213 e. The number of hydrogen-bond acceptors (Lipinski definition) is 0. The van der Waals surface area contributed by atoms with Crippen LogP contribution in [0.15, 0.2) is 12.3 Å². The molecule has 0 atom stereocenters. The van der Waals surface area contributed by atoms with E-state index in [1.165, 1.54) is 6.04 Å². The summed E-state index contributed by atoms with van der Waals surface area (Å²) in [5.74, 6) is 0. The first-order valence-electron chi connectivity index (χ1n) is 2.14. The molecule has 0 saturated carbocycles. The van der Waals surface area contributed by atoms with Crippen LogP contribution in [0.3, 0.4) is 0 Å². The van der Waals surface area contributed by atoms with Gasteiger partial charge in [0.25, 0.3) is 0 Å². The SMILES string of the molecule is C=C[Si](I)(I)CC. The number of rotatable bonds is 2. The van der Waals surface area contributed by atoms with Crippen LogP contribution in [-0.2, 0) is 0 Å². The van der Waals surface area contributed by atoms with Crippen molar-refractivity contribution >= 4 is 46.7 Å². The van der Waals surface area contributed by atoms with Gasteiger partial charge in [0.2, 0.25) is 3.07 Å². The molecule has 0 saturated heterocycles. The molecule has 0 radical (unpaired) electrons. The molecule has 0 fully saturated rings. The highest BCUT2D eigenvalue weighted by Crippen LogP contribution is 2.26. The molecule has 0 heterocycles. The highest BCUT2D eigenvalue weighted by molar-refractivity contribution is 14.3. The molecular formula is C4H8I2Si. The van der Waals surface area contributed by atoms with E-state index in [-0.39, 0.29) is 0 Å². The molecule has 0 nitrogen and oxygen atoms in total. The lowest BCUT2D eigenvalue weighted by Crippen LogP contribution is -2.09. The first-order valence-corrected chi connectivity index (χ1v) is 10.6. The minimum absolute atomic E-state index is 0.947. The highest BCUT2D eigenvalue weighted by atomic mass is 127. The average Bonchev–Trinajstić information content (AvgIpc) is 1.68. The van der Waals surface area contributed by atoms with Crippen molar-refractivity contribution in [3.8, 4) is 0 Å². The van der Waals surface area contributed by atoms with Gasteiger partial charge in [0, 0.05) is 0 Å². The Morgan fingerprint density at radius 2 is 2.14 bits per heavy atom. The van der Waals surface area contributed by atoms with E-state index in [0.29, 0.717) is 0 Å². The van der Waals surface area contributed by atoms with Gasteiger partial charge in [0.05, 0.1) is 0 Å². The van der Waals surface area contributed by atoms with Gasteiger partial charge in [-0.15, -0.1) is 6.58 Å². The fraction of sp³-hybridized carbons (Fsp3) is 0.500. The summed E-state index contributed by atoms with van der Waals surface area (Å²) < 4.78 is -0.947. The molecule has 0 spiro atoms. The predicted octanol–water partition coefficient (Wildman–Crippen LogP) is 3.04. The van der Waals surface area contributed by atoms with E-state index in [4.69, 9.17) is 0 Å². The van der Waals surface area contributed by atoms with Crippen LogP contribution in [0.1, 0.15) is 6.92 Å². The third-order valence-electron chi connectivity index (χ3n) is 0.770. The first-order chi connectivity index (χ1) is 3.12. The maximum Gasteiger partial charge on any atom is 0.213 e. The Kier molecular flexibility index (Phi) is 4.14. The van der Waals surface area contributed by atoms with Gasteiger partial charge in [-0.1, -0.05) is 56.2 Å². The molecule has 0 rings (SSSR count). The topological polar surface area (TPSA) is 0 Å². The molecule has 0 aliphatic heterocycles. The van der Waals surface area contributed by atoms with E-state index < -0.39 is 3.07 Å². The summed E-state index contributed by atoms with van der Waals surface area (Å²) in [5, 5.41) is 0. The van der Waals surface area contributed by atoms with Crippen LogP contribution >= 0.6 is 43.6 Å². The second-order valence-electron chi connectivity index (χ2n) is 1.32. The summed E-state index contributed by atoms with van der Waals surface area (Å²) in [6.45, 7) is 5.96. The molecule has 0 amide bonds. The van der Waals surface area contributed by atoms with Crippen LogP contribution in [0.2, 0.25) is 6.04 Å². The van der Waals surface area contributed by atoms with Gasteiger partial charge in [0.1, 0.15) is 0 Å². The van der Waals surface area contributed by atoms with Gasteiger partial charge in [-0.05, 0) is 6.04 Å². The summed E-state index contributed by atoms with van der Waals surface area (Å²) in [6.07, 6.45) is 0. The highest BCUT2D eigenvalue weighted by Gasteiger charge is 2.16. The maximum absolute atomic E-state index is 3.75. The van der Waals surface area contributed by atoms with Crippen molar-refractivity contribution in [2.75, 3.05) is 0 Å². The van der Waals surface area contributed by atoms with Crippen LogP contribution in [0.25, 0.3) is 0 Å². The molecule has 0 unspecified atom stereocenters. The second kappa shape index (κ2) is 3.44. The van der Waals surface area contributed by atoms with Crippen LogP contribution in [0.5, 0.6) is 0 Å². The molecule has 3 heteroatoms. The van der Waals surface area contributed by atoms with Crippen molar-refractivity contribution in [1.29, 1.82) is 0 Å². The van der Waals surface area contributed by atoms with Crippen molar-refractivity contribution in [2.24, 2.45) is 0 Å². The quantitative estimate of drug-likeness (QED) is 0.413. The molecule has 0 aromatic carbocycles. The van der Waals surface area contributed by atoms with Gasteiger partial charge in [-0.25, -0.2) is 0 Å². The summed E-state index contributed by atoms with van der Waals surface area (Å²) in [7, 11) is 0. The number of halogens is 2. The van der Waals surface area contributed by atoms with Crippen molar-refractivity contribution in [1.82, 2.24) is 0 Å². The summed E-state index contributed by atoms with van der Waals surface area (Å²) in [5.41, 5.74) is 2.11. The lowest BCUT2D eigenvalue weighted by molar-refractivity contribution is 1.46. The van der Waals surface area contributed by atoms with Crippen molar-refractivity contribution < 1.29 is 0 Å². The molecule has 0 aromatic heterocycles. The minimum Gasteiger partial charge on any atom is -0.105 e. The summed E-state index contributed by atoms with van der Waals surface area (Å²) in [6, 6.07) is 1.29. The smallest absolute Gasteiger partial charge is 0.105 e. The van der Waals surface area contributed by atoms with Crippen LogP contribution in [-0.4, -0.2) is 3.07 Å². The molecular weight excluding hydrogens is 330 g/mol. The van der Waals surface area contributed by atoms with Gasteiger partial charge in [0.15, 0.2) is 0 Å². The van der Waals surface area contributed by atoms with Crippen molar-refractivity contribution in [2.45, 2.75) is 13.0 Å². The van der Waals surface area contributed by atoms with Crippen LogP contribution in [0, 0.1) is 0 Å². The average molecular weight is 338 g/mol. The van der Waals surface area contributed by atoms with Gasteiger partial charge < -0.3 is 0 Å². The van der Waals surface area contributed by atoms with E-state index in [1.54, 1.807) is 0 Å². The van der Waals surface area contributed by atoms with E-state index in [1.807, 2.05) is 0 Å². The van der Waals surface area contributed by atoms with Crippen molar-refractivity contribution in [3.63, 3.8) is 0 Å². The van der Waals surface area contributed by atoms with E-state index in [9.17, 15) is 0 Å². The van der Waals surface area contributed by atoms with Crippen molar-refractivity contribution in [3.05, 3.63) is 12.3 Å². The molecule has 0 aliphatic rings. The second-order valence-corrected chi connectivity index (χ2v) is 21.7.